The van der Waals surface area contributed by atoms with Gasteiger partial charge in [0.25, 0.3) is 0 Å². The maximum absolute atomic E-state index is 12.1. The zero-order chi connectivity index (χ0) is 22.2. The van der Waals surface area contributed by atoms with Crippen molar-refractivity contribution >= 4 is 18.1 Å². The Balaban J connectivity index is 2.99. The summed E-state index contributed by atoms with van der Waals surface area (Å²) in [6.45, 7) is 10.5. The highest BCUT2D eigenvalue weighted by Gasteiger charge is 2.21. The number of alkyl carbamates (subject to hydrolysis) is 2. The molecule has 0 aliphatic carbocycles. The van der Waals surface area contributed by atoms with Crippen LogP contribution in [0.4, 0.5) is 9.59 Å². The van der Waals surface area contributed by atoms with Crippen LogP contribution in [-0.4, -0.2) is 43.6 Å². The first kappa shape index (κ1) is 24.1. The normalized spacial score (nSPS) is 11.2. The lowest BCUT2D eigenvalue weighted by atomic mass is 10.2. The minimum atomic E-state index is -0.750. The van der Waals surface area contributed by atoms with Crippen molar-refractivity contribution in [2.45, 2.75) is 59.3 Å². The number of carbonyl (C=O) groups is 2. The van der Waals surface area contributed by atoms with Gasteiger partial charge in [-0.2, -0.15) is 0 Å². The molecule has 0 saturated carbocycles. The summed E-state index contributed by atoms with van der Waals surface area (Å²) in [6, 6.07) is 5.29. The van der Waals surface area contributed by atoms with E-state index in [0.29, 0.717) is 11.5 Å². The van der Waals surface area contributed by atoms with Crippen molar-refractivity contribution in [2.75, 3.05) is 14.2 Å². The highest BCUT2D eigenvalue weighted by atomic mass is 16.6. The first-order valence-corrected chi connectivity index (χ1v) is 9.08. The van der Waals surface area contributed by atoms with E-state index in [4.69, 9.17) is 18.9 Å². The predicted molar refractivity (Wildman–Crippen MR) is 109 cm³/mol. The summed E-state index contributed by atoms with van der Waals surface area (Å²) in [4.78, 5) is 28.4. The smallest absolute Gasteiger partial charge is 0.414 e. The summed E-state index contributed by atoms with van der Waals surface area (Å²) >= 11 is 0. The monoisotopic (exact) mass is 409 g/mol. The number of ether oxygens (including phenoxy) is 4. The average molecular weight is 409 g/mol. The third kappa shape index (κ3) is 9.68. The molecular weight excluding hydrogens is 378 g/mol. The Morgan fingerprint density at radius 2 is 1.34 bits per heavy atom. The minimum Gasteiger partial charge on any atom is -0.493 e. The first-order valence-electron chi connectivity index (χ1n) is 9.08. The van der Waals surface area contributed by atoms with E-state index < -0.39 is 23.4 Å². The fraction of sp³-hybridized carbons (Fsp3) is 0.550. The number of hydrogen-bond acceptors (Lipinski definition) is 7. The lowest BCUT2D eigenvalue weighted by Crippen LogP contribution is -2.47. The number of hydrogen-bond donors (Lipinski definition) is 2. The van der Waals surface area contributed by atoms with Crippen molar-refractivity contribution < 1.29 is 28.5 Å². The SMILES string of the molecule is COc1ccc(CN=C(NC(=O)OC(C)(C)C)NC(=O)OC(C)(C)C)cc1OC. The summed E-state index contributed by atoms with van der Waals surface area (Å²) in [5.41, 5.74) is -0.633. The summed E-state index contributed by atoms with van der Waals surface area (Å²) in [5, 5.41) is 4.87. The van der Waals surface area contributed by atoms with Crippen LogP contribution in [-0.2, 0) is 16.0 Å². The molecule has 1 aromatic rings. The number of guanidine groups is 1. The lowest BCUT2D eigenvalue weighted by molar-refractivity contribution is 0.0545. The molecule has 2 amide bonds. The van der Waals surface area contributed by atoms with Crippen molar-refractivity contribution in [1.29, 1.82) is 0 Å². The van der Waals surface area contributed by atoms with Gasteiger partial charge in [0.15, 0.2) is 11.5 Å². The number of methoxy groups -OCH3 is 2. The van der Waals surface area contributed by atoms with Crippen molar-refractivity contribution in [3.8, 4) is 11.5 Å². The number of aliphatic imine (C=N–C) groups is 1. The second-order valence-electron chi connectivity index (χ2n) is 8.11. The van der Waals surface area contributed by atoms with Gasteiger partial charge < -0.3 is 18.9 Å². The molecule has 9 heteroatoms. The lowest BCUT2D eigenvalue weighted by Gasteiger charge is -2.22. The molecule has 0 heterocycles. The largest absolute Gasteiger partial charge is 0.493 e. The molecule has 1 aromatic carbocycles. The second-order valence-corrected chi connectivity index (χ2v) is 8.11. The summed E-state index contributed by atoms with van der Waals surface area (Å²) in [5.74, 6) is 1.03. The maximum Gasteiger partial charge on any atom is 0.414 e. The summed E-state index contributed by atoms with van der Waals surface area (Å²) in [6.07, 6.45) is -1.50. The molecule has 0 bridgehead atoms. The topological polar surface area (TPSA) is 107 Å². The molecule has 0 saturated heterocycles. The van der Waals surface area contributed by atoms with Gasteiger partial charge in [0.05, 0.1) is 20.8 Å². The predicted octanol–water partition coefficient (Wildman–Crippen LogP) is 3.61. The van der Waals surface area contributed by atoms with E-state index in [1.807, 2.05) is 0 Å². The van der Waals surface area contributed by atoms with Gasteiger partial charge in [0.1, 0.15) is 11.2 Å². The zero-order valence-electron chi connectivity index (χ0n) is 18.3. The third-order valence-corrected chi connectivity index (χ3v) is 3.11. The fourth-order valence-corrected chi connectivity index (χ4v) is 2.06. The van der Waals surface area contributed by atoms with Crippen LogP contribution in [0.2, 0.25) is 0 Å². The number of benzene rings is 1. The molecule has 0 atom stereocenters. The second kappa shape index (κ2) is 9.99. The number of nitrogens with one attached hydrogen (secondary N) is 2. The average Bonchev–Trinajstić information content (AvgIpc) is 2.55. The molecule has 0 aliphatic heterocycles. The van der Waals surface area contributed by atoms with Gasteiger partial charge in [-0.15, -0.1) is 0 Å². The Morgan fingerprint density at radius 3 is 1.76 bits per heavy atom. The van der Waals surface area contributed by atoms with Crippen molar-refractivity contribution in [2.24, 2.45) is 4.99 Å². The van der Waals surface area contributed by atoms with Gasteiger partial charge in [0, 0.05) is 0 Å². The van der Waals surface area contributed by atoms with E-state index in [1.54, 1.807) is 66.9 Å². The van der Waals surface area contributed by atoms with Crippen LogP contribution in [0.15, 0.2) is 23.2 Å². The fourth-order valence-electron chi connectivity index (χ4n) is 2.06. The molecule has 9 nitrogen and oxygen atoms in total. The Bertz CT molecular complexity index is 716. The number of carbonyl (C=O) groups excluding carboxylic acids is 2. The van der Waals surface area contributed by atoms with Gasteiger partial charge >= 0.3 is 12.2 Å². The van der Waals surface area contributed by atoms with Crippen molar-refractivity contribution in [3.05, 3.63) is 23.8 Å². The summed E-state index contributed by atoms with van der Waals surface area (Å²) < 4.78 is 20.9. The number of amides is 2. The molecule has 0 spiro atoms. The Labute approximate surface area is 171 Å². The Morgan fingerprint density at radius 1 is 0.862 bits per heavy atom. The van der Waals surface area contributed by atoms with Crippen LogP contribution in [0.3, 0.4) is 0 Å². The Kier molecular flexibility index (Phi) is 8.29. The highest BCUT2D eigenvalue weighted by Crippen LogP contribution is 2.27. The minimum absolute atomic E-state index is 0.0942. The van der Waals surface area contributed by atoms with Crippen molar-refractivity contribution in [3.63, 3.8) is 0 Å². The van der Waals surface area contributed by atoms with E-state index in [-0.39, 0.29) is 12.5 Å². The molecule has 0 fully saturated rings. The van der Waals surface area contributed by atoms with Gasteiger partial charge in [-0.1, -0.05) is 6.07 Å². The number of nitrogens with zero attached hydrogens (tertiary/aromatic N) is 1. The van der Waals surface area contributed by atoms with Gasteiger partial charge in [-0.3, -0.25) is 10.6 Å². The molecular formula is C20H31N3O6. The van der Waals surface area contributed by atoms with Crippen LogP contribution in [0.1, 0.15) is 47.1 Å². The van der Waals surface area contributed by atoms with Gasteiger partial charge in [-0.05, 0) is 59.2 Å². The third-order valence-electron chi connectivity index (χ3n) is 3.11. The first-order chi connectivity index (χ1) is 13.3. The van der Waals surface area contributed by atoms with Crippen molar-refractivity contribution in [1.82, 2.24) is 10.6 Å². The van der Waals surface area contributed by atoms with E-state index >= 15 is 0 Å². The van der Waals surface area contributed by atoms with Crippen LogP contribution >= 0.6 is 0 Å². The van der Waals surface area contributed by atoms with Crippen LogP contribution in [0, 0.1) is 0 Å². The molecule has 29 heavy (non-hydrogen) atoms. The summed E-state index contributed by atoms with van der Waals surface area (Å²) in [7, 11) is 3.08. The van der Waals surface area contributed by atoms with Crippen LogP contribution in [0.25, 0.3) is 0 Å². The molecule has 1 rings (SSSR count). The maximum atomic E-state index is 12.1. The number of rotatable bonds is 4. The van der Waals surface area contributed by atoms with E-state index in [2.05, 4.69) is 15.6 Å². The zero-order valence-corrected chi connectivity index (χ0v) is 18.3. The standard InChI is InChI=1S/C20H31N3O6/c1-19(2,3)28-17(24)22-16(23-18(25)29-20(4,5)6)21-12-13-9-10-14(26-7)15(11-13)27-8/h9-11H,12H2,1-8H3,(H2,21,22,23,24,25). The Hall–Kier alpha value is -2.97. The highest BCUT2D eigenvalue weighted by molar-refractivity contribution is 6.01. The van der Waals surface area contributed by atoms with Crippen LogP contribution in [0.5, 0.6) is 11.5 Å². The van der Waals surface area contributed by atoms with Crippen LogP contribution < -0.4 is 20.1 Å². The molecule has 2 N–H and O–H groups in total. The molecule has 0 radical (unpaired) electrons. The molecule has 0 unspecified atom stereocenters. The van der Waals surface area contributed by atoms with E-state index in [9.17, 15) is 9.59 Å². The van der Waals surface area contributed by atoms with E-state index in [0.717, 1.165) is 5.56 Å². The quantitative estimate of drug-likeness (QED) is 0.581. The molecule has 0 aliphatic rings. The molecule has 162 valence electrons. The molecule has 0 aromatic heterocycles. The van der Waals surface area contributed by atoms with Gasteiger partial charge in [-0.25, -0.2) is 14.6 Å². The van der Waals surface area contributed by atoms with E-state index in [1.165, 1.54) is 7.11 Å². The van der Waals surface area contributed by atoms with Gasteiger partial charge in [0.2, 0.25) is 5.96 Å².